The number of benzene rings is 1. The number of hydroxylamine groups is 1. The molecule has 3 nitrogen and oxygen atoms in total. The lowest BCUT2D eigenvalue weighted by Crippen LogP contribution is -2.24. The van der Waals surface area contributed by atoms with Crippen LogP contribution >= 0.6 is 0 Å². The molecule has 0 aromatic heterocycles. The van der Waals surface area contributed by atoms with Gasteiger partial charge in [-0.15, -0.1) is 0 Å². The van der Waals surface area contributed by atoms with Crippen molar-refractivity contribution in [3.05, 3.63) is 35.4 Å². The van der Waals surface area contributed by atoms with Crippen LogP contribution in [0.25, 0.3) is 0 Å². The average molecular weight is 227 g/mol. The first-order valence-corrected chi connectivity index (χ1v) is 5.04. The molecule has 1 aliphatic carbocycles. The Labute approximate surface area is 91.4 Å². The van der Waals surface area contributed by atoms with Crippen LogP contribution in [0.5, 0.6) is 0 Å². The van der Waals surface area contributed by atoms with E-state index in [0.717, 1.165) is 25.0 Å². The highest BCUT2D eigenvalue weighted by molar-refractivity contribution is 5.93. The summed E-state index contributed by atoms with van der Waals surface area (Å²) in [6.45, 7) is 0.468. The molecule has 1 N–H and O–H groups in total. The van der Waals surface area contributed by atoms with Crippen LogP contribution in [-0.4, -0.2) is 12.5 Å². The van der Waals surface area contributed by atoms with Crippen molar-refractivity contribution >= 4 is 5.91 Å². The Morgan fingerprint density at radius 2 is 2.12 bits per heavy atom. The van der Waals surface area contributed by atoms with Gasteiger partial charge in [0.1, 0.15) is 0 Å². The predicted molar refractivity (Wildman–Crippen MR) is 52.5 cm³/mol. The molecule has 1 aromatic carbocycles. The van der Waals surface area contributed by atoms with Crippen LogP contribution in [0.1, 0.15) is 23.2 Å². The summed E-state index contributed by atoms with van der Waals surface area (Å²) in [6, 6.07) is 2.95. The van der Waals surface area contributed by atoms with Crippen molar-refractivity contribution < 1.29 is 18.4 Å². The highest BCUT2D eigenvalue weighted by atomic mass is 19.2. The Hall–Kier alpha value is -1.49. The molecular formula is C11H11F2NO2. The summed E-state index contributed by atoms with van der Waals surface area (Å²) in [5.74, 6) is -2.07. The Bertz CT molecular complexity index is 405. The van der Waals surface area contributed by atoms with Crippen molar-refractivity contribution in [1.29, 1.82) is 0 Å². The zero-order valence-corrected chi connectivity index (χ0v) is 8.50. The maximum absolute atomic E-state index is 12.8. The second kappa shape index (κ2) is 4.57. The van der Waals surface area contributed by atoms with Gasteiger partial charge in [0.25, 0.3) is 5.91 Å². The first kappa shape index (κ1) is 11.0. The van der Waals surface area contributed by atoms with E-state index in [0.29, 0.717) is 12.5 Å². The summed E-state index contributed by atoms with van der Waals surface area (Å²) in [6.07, 6.45) is 2.22. The minimum Gasteiger partial charge on any atom is -0.273 e. The lowest BCUT2D eigenvalue weighted by molar-refractivity contribution is 0.0270. The number of amides is 1. The second-order valence-corrected chi connectivity index (χ2v) is 3.81. The zero-order valence-electron chi connectivity index (χ0n) is 8.50. The largest absolute Gasteiger partial charge is 0.274 e. The maximum atomic E-state index is 12.8. The molecule has 1 saturated carbocycles. The summed E-state index contributed by atoms with van der Waals surface area (Å²) < 4.78 is 25.4. The Kier molecular flexibility index (Phi) is 3.14. The van der Waals surface area contributed by atoms with Crippen LogP contribution in [-0.2, 0) is 4.84 Å². The Morgan fingerprint density at radius 1 is 1.38 bits per heavy atom. The molecular weight excluding hydrogens is 216 g/mol. The average Bonchev–Trinajstić information content (AvgIpc) is 3.06. The number of rotatable bonds is 4. The van der Waals surface area contributed by atoms with Crippen LogP contribution in [0.2, 0.25) is 0 Å². The van der Waals surface area contributed by atoms with E-state index in [1.54, 1.807) is 0 Å². The summed E-state index contributed by atoms with van der Waals surface area (Å²) in [5.41, 5.74) is 2.23. The van der Waals surface area contributed by atoms with E-state index in [9.17, 15) is 13.6 Å². The molecule has 16 heavy (non-hydrogen) atoms. The van der Waals surface area contributed by atoms with E-state index >= 15 is 0 Å². The van der Waals surface area contributed by atoms with Crippen molar-refractivity contribution in [3.8, 4) is 0 Å². The summed E-state index contributed by atoms with van der Waals surface area (Å²) in [4.78, 5) is 16.3. The van der Waals surface area contributed by atoms with Crippen molar-refractivity contribution in [1.82, 2.24) is 5.48 Å². The molecule has 0 spiro atoms. The van der Waals surface area contributed by atoms with E-state index in [1.165, 1.54) is 6.07 Å². The molecule has 1 aromatic rings. The fourth-order valence-corrected chi connectivity index (χ4v) is 1.21. The van der Waals surface area contributed by atoms with Gasteiger partial charge in [0.2, 0.25) is 0 Å². The predicted octanol–water partition coefficient (Wildman–Crippen LogP) is 2.04. The molecule has 0 radical (unpaired) electrons. The van der Waals surface area contributed by atoms with Gasteiger partial charge in [0.15, 0.2) is 11.6 Å². The maximum Gasteiger partial charge on any atom is 0.274 e. The van der Waals surface area contributed by atoms with Gasteiger partial charge in [-0.2, -0.15) is 0 Å². The first-order chi connectivity index (χ1) is 7.66. The van der Waals surface area contributed by atoms with Crippen LogP contribution < -0.4 is 5.48 Å². The van der Waals surface area contributed by atoms with Gasteiger partial charge in [0.05, 0.1) is 6.61 Å². The summed E-state index contributed by atoms with van der Waals surface area (Å²) >= 11 is 0. The van der Waals surface area contributed by atoms with Crippen LogP contribution in [0.4, 0.5) is 8.78 Å². The topological polar surface area (TPSA) is 38.3 Å². The Morgan fingerprint density at radius 3 is 2.75 bits per heavy atom. The molecule has 0 unspecified atom stereocenters. The molecule has 0 atom stereocenters. The van der Waals surface area contributed by atoms with E-state index in [-0.39, 0.29) is 5.56 Å². The third-order valence-electron chi connectivity index (χ3n) is 2.36. The smallest absolute Gasteiger partial charge is 0.273 e. The van der Waals surface area contributed by atoms with Gasteiger partial charge >= 0.3 is 0 Å². The van der Waals surface area contributed by atoms with Gasteiger partial charge in [0, 0.05) is 5.56 Å². The molecule has 1 aliphatic rings. The van der Waals surface area contributed by atoms with Crippen LogP contribution in [0.3, 0.4) is 0 Å². The SMILES string of the molecule is O=C(NOCC1CC1)c1ccc(F)c(F)c1. The number of hydrogen-bond donors (Lipinski definition) is 1. The molecule has 1 amide bonds. The number of nitrogens with one attached hydrogen (secondary N) is 1. The fourth-order valence-electron chi connectivity index (χ4n) is 1.21. The van der Waals surface area contributed by atoms with Crippen molar-refractivity contribution in [2.45, 2.75) is 12.8 Å². The molecule has 2 rings (SSSR count). The third kappa shape index (κ3) is 2.76. The Balaban J connectivity index is 1.88. The highest BCUT2D eigenvalue weighted by Gasteiger charge is 2.22. The monoisotopic (exact) mass is 227 g/mol. The van der Waals surface area contributed by atoms with Gasteiger partial charge in [-0.05, 0) is 37.0 Å². The van der Waals surface area contributed by atoms with Gasteiger partial charge in [-0.1, -0.05) is 0 Å². The van der Waals surface area contributed by atoms with E-state index in [4.69, 9.17) is 4.84 Å². The fraction of sp³-hybridized carbons (Fsp3) is 0.364. The molecule has 0 bridgehead atoms. The van der Waals surface area contributed by atoms with E-state index < -0.39 is 17.5 Å². The van der Waals surface area contributed by atoms with E-state index in [1.807, 2.05) is 0 Å². The van der Waals surface area contributed by atoms with Crippen molar-refractivity contribution in [2.75, 3.05) is 6.61 Å². The van der Waals surface area contributed by atoms with Gasteiger partial charge < -0.3 is 0 Å². The van der Waals surface area contributed by atoms with Crippen molar-refractivity contribution in [3.63, 3.8) is 0 Å². The normalized spacial score (nSPS) is 14.9. The minimum atomic E-state index is -1.05. The highest BCUT2D eigenvalue weighted by Crippen LogP contribution is 2.28. The lowest BCUT2D eigenvalue weighted by Gasteiger charge is -2.05. The lowest BCUT2D eigenvalue weighted by atomic mass is 10.2. The number of carbonyl (C=O) groups excluding carboxylic acids is 1. The van der Waals surface area contributed by atoms with Crippen LogP contribution in [0, 0.1) is 17.6 Å². The number of carbonyl (C=O) groups is 1. The molecule has 86 valence electrons. The van der Waals surface area contributed by atoms with Gasteiger partial charge in [-0.25, -0.2) is 14.3 Å². The minimum absolute atomic E-state index is 0.0368. The third-order valence-corrected chi connectivity index (χ3v) is 2.36. The number of hydrogen-bond acceptors (Lipinski definition) is 2. The van der Waals surface area contributed by atoms with Crippen molar-refractivity contribution in [2.24, 2.45) is 5.92 Å². The molecule has 1 fully saturated rings. The first-order valence-electron chi connectivity index (χ1n) is 5.04. The van der Waals surface area contributed by atoms with Gasteiger partial charge in [-0.3, -0.25) is 9.63 Å². The second-order valence-electron chi connectivity index (χ2n) is 3.81. The molecule has 0 heterocycles. The quantitative estimate of drug-likeness (QED) is 0.799. The molecule has 0 saturated heterocycles. The zero-order chi connectivity index (χ0) is 11.5. The number of halogens is 2. The van der Waals surface area contributed by atoms with E-state index in [2.05, 4.69) is 5.48 Å². The molecule has 5 heteroatoms. The summed E-state index contributed by atoms with van der Waals surface area (Å²) in [7, 11) is 0. The molecule has 0 aliphatic heterocycles. The summed E-state index contributed by atoms with van der Waals surface area (Å²) in [5, 5.41) is 0. The standard InChI is InChI=1S/C11H11F2NO2/c12-9-4-3-8(5-10(9)13)11(15)14-16-6-7-1-2-7/h3-5,7H,1-2,6H2,(H,14,15). The van der Waals surface area contributed by atoms with Crippen LogP contribution in [0.15, 0.2) is 18.2 Å².